The van der Waals surface area contributed by atoms with Gasteiger partial charge in [-0.3, -0.25) is 4.57 Å². The van der Waals surface area contributed by atoms with E-state index in [4.69, 9.17) is 0 Å². The van der Waals surface area contributed by atoms with Crippen molar-refractivity contribution in [2.24, 2.45) is 0 Å². The first-order valence-corrected chi connectivity index (χ1v) is 7.68. The van der Waals surface area contributed by atoms with Crippen molar-refractivity contribution < 1.29 is 0 Å². The molecule has 0 amide bonds. The van der Waals surface area contributed by atoms with Gasteiger partial charge in [0.1, 0.15) is 6.33 Å². The first-order valence-electron chi connectivity index (χ1n) is 6.46. The lowest BCUT2D eigenvalue weighted by molar-refractivity contribution is 0.874. The number of anilines is 2. The lowest BCUT2D eigenvalue weighted by Crippen LogP contribution is -2.20. The molecule has 2 aromatic rings. The third kappa shape index (κ3) is 2.69. The van der Waals surface area contributed by atoms with Gasteiger partial charge in [0.25, 0.3) is 0 Å². The summed E-state index contributed by atoms with van der Waals surface area (Å²) < 4.78 is 2.12. The van der Waals surface area contributed by atoms with Crippen molar-refractivity contribution in [3.05, 3.63) is 18.7 Å². The molecule has 20 heavy (non-hydrogen) atoms. The van der Waals surface area contributed by atoms with E-state index in [1.807, 2.05) is 18.0 Å². The van der Waals surface area contributed by atoms with Crippen LogP contribution in [0.1, 0.15) is 12.8 Å². The number of nitrogens with one attached hydrogen (secondary N) is 2. The van der Waals surface area contributed by atoms with Crippen LogP contribution >= 0.6 is 11.8 Å². The van der Waals surface area contributed by atoms with Crippen molar-refractivity contribution in [2.75, 3.05) is 30.5 Å². The minimum absolute atomic E-state index is 0.363. The van der Waals surface area contributed by atoms with Crippen LogP contribution in [-0.2, 0) is 0 Å². The number of aromatic nitrogens is 5. The van der Waals surface area contributed by atoms with Crippen LogP contribution in [0.5, 0.6) is 0 Å². The van der Waals surface area contributed by atoms with Gasteiger partial charge in [0, 0.05) is 30.7 Å². The highest BCUT2D eigenvalue weighted by Crippen LogP contribution is 2.46. The second-order valence-corrected chi connectivity index (χ2v) is 6.02. The summed E-state index contributed by atoms with van der Waals surface area (Å²) in [7, 11) is 1.79. The van der Waals surface area contributed by atoms with Gasteiger partial charge in [-0.2, -0.15) is 26.7 Å². The van der Waals surface area contributed by atoms with Gasteiger partial charge in [-0.05, 0) is 19.1 Å². The molecule has 1 saturated carbocycles. The Hall–Kier alpha value is -1.83. The molecule has 0 unspecified atom stereocenters. The van der Waals surface area contributed by atoms with E-state index < -0.39 is 0 Å². The van der Waals surface area contributed by atoms with Crippen LogP contribution in [0.25, 0.3) is 5.95 Å². The molecule has 1 fully saturated rings. The third-order valence-electron chi connectivity index (χ3n) is 3.39. The second kappa shape index (κ2) is 5.28. The van der Waals surface area contributed by atoms with Crippen LogP contribution in [0.4, 0.5) is 11.9 Å². The van der Waals surface area contributed by atoms with Crippen molar-refractivity contribution >= 4 is 23.7 Å². The number of imidazole rings is 1. The molecule has 1 aliphatic carbocycles. The Bertz CT molecular complexity index is 579. The zero-order valence-electron chi connectivity index (χ0n) is 11.5. The standard InChI is InChI=1S/C12H17N7S/c1-13-9-16-10(15-7-12(20-2)3-4-12)18-11(17-9)19-6-5-14-8-19/h5-6,8H,3-4,7H2,1-2H3,(H2,13,15,16,17,18). The van der Waals surface area contributed by atoms with Gasteiger partial charge < -0.3 is 10.6 Å². The summed E-state index contributed by atoms with van der Waals surface area (Å²) in [5, 5.41) is 6.27. The van der Waals surface area contributed by atoms with Crippen molar-refractivity contribution in [3.8, 4) is 5.95 Å². The Morgan fingerprint density at radius 3 is 2.70 bits per heavy atom. The van der Waals surface area contributed by atoms with E-state index >= 15 is 0 Å². The number of thioether (sulfide) groups is 1. The topological polar surface area (TPSA) is 80.5 Å². The predicted octanol–water partition coefficient (Wildman–Crippen LogP) is 1.41. The Balaban J connectivity index is 1.81. The molecule has 0 aromatic carbocycles. The zero-order chi connectivity index (χ0) is 14.0. The first-order chi connectivity index (χ1) is 9.74. The summed E-state index contributed by atoms with van der Waals surface area (Å²) in [6.07, 6.45) is 9.82. The molecule has 2 aromatic heterocycles. The molecular weight excluding hydrogens is 274 g/mol. The molecule has 0 bridgehead atoms. The van der Waals surface area contributed by atoms with Gasteiger partial charge in [0.2, 0.25) is 17.8 Å². The SMILES string of the molecule is CNc1nc(NCC2(SC)CC2)nc(-n2ccnc2)n1. The van der Waals surface area contributed by atoms with Gasteiger partial charge in [0.05, 0.1) is 0 Å². The maximum absolute atomic E-state index is 4.43. The number of hydrogen-bond acceptors (Lipinski definition) is 7. The average Bonchev–Trinajstić information content (AvgIpc) is 3.06. The Labute approximate surface area is 121 Å². The summed E-state index contributed by atoms with van der Waals surface area (Å²) in [6, 6.07) is 0. The lowest BCUT2D eigenvalue weighted by atomic mass is 10.4. The summed E-state index contributed by atoms with van der Waals surface area (Å²) in [5.41, 5.74) is 0. The van der Waals surface area contributed by atoms with Crippen molar-refractivity contribution in [1.82, 2.24) is 24.5 Å². The highest BCUT2D eigenvalue weighted by molar-refractivity contribution is 8.00. The third-order valence-corrected chi connectivity index (χ3v) is 4.81. The maximum atomic E-state index is 4.43. The smallest absolute Gasteiger partial charge is 0.241 e. The number of rotatable bonds is 6. The van der Waals surface area contributed by atoms with Crippen LogP contribution < -0.4 is 10.6 Å². The summed E-state index contributed by atoms with van der Waals surface area (Å²) >= 11 is 1.90. The molecule has 0 atom stereocenters. The number of nitrogens with zero attached hydrogens (tertiary/aromatic N) is 5. The molecule has 8 heteroatoms. The van der Waals surface area contributed by atoms with Crippen molar-refractivity contribution in [2.45, 2.75) is 17.6 Å². The van der Waals surface area contributed by atoms with E-state index in [1.54, 1.807) is 24.1 Å². The Morgan fingerprint density at radius 1 is 1.30 bits per heavy atom. The van der Waals surface area contributed by atoms with Crippen molar-refractivity contribution in [1.29, 1.82) is 0 Å². The lowest BCUT2D eigenvalue weighted by Gasteiger charge is -2.14. The quantitative estimate of drug-likeness (QED) is 0.832. The van der Waals surface area contributed by atoms with Gasteiger partial charge in [-0.25, -0.2) is 4.98 Å². The van der Waals surface area contributed by atoms with E-state index in [9.17, 15) is 0 Å². The Morgan fingerprint density at radius 2 is 2.10 bits per heavy atom. The molecule has 3 rings (SSSR count). The van der Waals surface area contributed by atoms with E-state index in [0.717, 1.165) is 6.54 Å². The molecule has 2 N–H and O–H groups in total. The zero-order valence-corrected chi connectivity index (χ0v) is 12.3. The van der Waals surface area contributed by atoms with E-state index in [2.05, 4.69) is 36.8 Å². The fourth-order valence-corrected chi connectivity index (χ4v) is 2.61. The summed E-state index contributed by atoms with van der Waals surface area (Å²) in [5.74, 6) is 1.69. The van der Waals surface area contributed by atoms with Crippen LogP contribution in [0, 0.1) is 0 Å². The van der Waals surface area contributed by atoms with E-state index in [-0.39, 0.29) is 0 Å². The molecule has 0 saturated heterocycles. The largest absolute Gasteiger partial charge is 0.357 e. The van der Waals surface area contributed by atoms with Crippen molar-refractivity contribution in [3.63, 3.8) is 0 Å². The molecule has 0 spiro atoms. The first kappa shape index (κ1) is 13.2. The monoisotopic (exact) mass is 291 g/mol. The summed E-state index contributed by atoms with van der Waals surface area (Å²) in [6.45, 7) is 0.880. The molecule has 2 heterocycles. The molecule has 1 aliphatic rings. The summed E-state index contributed by atoms with van der Waals surface area (Å²) in [4.78, 5) is 17.1. The molecule has 106 valence electrons. The fraction of sp³-hybridized carbons (Fsp3) is 0.500. The highest BCUT2D eigenvalue weighted by Gasteiger charge is 2.41. The fourth-order valence-electron chi connectivity index (χ4n) is 1.88. The van der Waals surface area contributed by atoms with Crippen LogP contribution in [0.3, 0.4) is 0 Å². The average molecular weight is 291 g/mol. The normalized spacial score (nSPS) is 15.9. The highest BCUT2D eigenvalue weighted by atomic mass is 32.2. The molecule has 0 aliphatic heterocycles. The van der Waals surface area contributed by atoms with E-state index in [1.165, 1.54) is 12.8 Å². The number of hydrogen-bond donors (Lipinski definition) is 2. The van der Waals surface area contributed by atoms with Gasteiger partial charge in [-0.15, -0.1) is 0 Å². The van der Waals surface area contributed by atoms with Gasteiger partial charge >= 0.3 is 0 Å². The molecule has 7 nitrogen and oxygen atoms in total. The maximum Gasteiger partial charge on any atom is 0.241 e. The minimum atomic E-state index is 0.363. The molecular formula is C12H17N7S. The Kier molecular flexibility index (Phi) is 3.47. The second-order valence-electron chi connectivity index (χ2n) is 4.74. The van der Waals surface area contributed by atoms with Crippen LogP contribution in [0.2, 0.25) is 0 Å². The van der Waals surface area contributed by atoms with Crippen LogP contribution in [-0.4, -0.2) is 49.1 Å². The van der Waals surface area contributed by atoms with Gasteiger partial charge in [-0.1, -0.05) is 0 Å². The predicted molar refractivity (Wildman–Crippen MR) is 80.5 cm³/mol. The van der Waals surface area contributed by atoms with E-state index in [0.29, 0.717) is 22.6 Å². The van der Waals surface area contributed by atoms with Crippen LogP contribution in [0.15, 0.2) is 18.7 Å². The van der Waals surface area contributed by atoms with Gasteiger partial charge in [0.15, 0.2) is 0 Å². The molecule has 0 radical (unpaired) electrons. The minimum Gasteiger partial charge on any atom is -0.357 e.